The van der Waals surface area contributed by atoms with E-state index in [-0.39, 0.29) is 5.91 Å². The average Bonchev–Trinajstić information content (AvgIpc) is 2.84. The number of methoxy groups -OCH3 is 1. The van der Waals surface area contributed by atoms with E-state index in [1.54, 1.807) is 7.11 Å². The van der Waals surface area contributed by atoms with Crippen molar-refractivity contribution in [2.24, 2.45) is 5.10 Å². The Morgan fingerprint density at radius 2 is 1.74 bits per heavy atom. The number of anilines is 1. The molecule has 0 aromatic heterocycles. The molecule has 4 nitrogen and oxygen atoms in total. The summed E-state index contributed by atoms with van der Waals surface area (Å²) in [5.74, 6) is 0.676. The molecule has 0 spiro atoms. The standard InChI is InChI=1S/C18H15IN2O2/c1-12-17(11-13-3-9-16(23-2)10-4-13)18(22)21(20-12)15-7-5-14(19)6-8-15/h3-11H,1-2H3/b17-11-. The summed E-state index contributed by atoms with van der Waals surface area (Å²) >= 11 is 2.23. The average molecular weight is 418 g/mol. The second kappa shape index (κ2) is 6.54. The zero-order valence-corrected chi connectivity index (χ0v) is 14.9. The minimum Gasteiger partial charge on any atom is -0.497 e. The van der Waals surface area contributed by atoms with Gasteiger partial charge >= 0.3 is 0 Å². The summed E-state index contributed by atoms with van der Waals surface area (Å²) in [5, 5.41) is 5.83. The monoisotopic (exact) mass is 418 g/mol. The van der Waals surface area contributed by atoms with Gasteiger partial charge < -0.3 is 4.74 Å². The number of hydrogen-bond acceptors (Lipinski definition) is 3. The molecule has 0 saturated heterocycles. The molecule has 0 N–H and O–H groups in total. The zero-order valence-electron chi connectivity index (χ0n) is 12.8. The molecule has 0 saturated carbocycles. The Bertz CT molecular complexity index is 793. The molecule has 0 atom stereocenters. The fraction of sp³-hybridized carbons (Fsp3) is 0.111. The van der Waals surface area contributed by atoms with Crippen LogP contribution in [-0.2, 0) is 4.79 Å². The summed E-state index contributed by atoms with van der Waals surface area (Å²) in [5.41, 5.74) is 3.03. The normalized spacial score (nSPS) is 16.0. The smallest absolute Gasteiger partial charge is 0.280 e. The largest absolute Gasteiger partial charge is 0.497 e. The van der Waals surface area contributed by atoms with Gasteiger partial charge in [-0.15, -0.1) is 0 Å². The van der Waals surface area contributed by atoms with Crippen LogP contribution in [0.2, 0.25) is 0 Å². The molecule has 116 valence electrons. The summed E-state index contributed by atoms with van der Waals surface area (Å²) in [6, 6.07) is 15.3. The van der Waals surface area contributed by atoms with E-state index in [9.17, 15) is 4.79 Å². The molecular formula is C18H15IN2O2. The van der Waals surface area contributed by atoms with E-state index in [0.717, 1.165) is 20.6 Å². The SMILES string of the molecule is COc1ccc(/C=C2\C(=O)N(c3ccc(I)cc3)N=C2C)cc1. The molecule has 0 unspecified atom stereocenters. The van der Waals surface area contributed by atoms with Crippen LogP contribution in [0.5, 0.6) is 5.75 Å². The highest BCUT2D eigenvalue weighted by Gasteiger charge is 2.28. The van der Waals surface area contributed by atoms with E-state index in [0.29, 0.717) is 11.3 Å². The summed E-state index contributed by atoms with van der Waals surface area (Å²) in [6.45, 7) is 1.85. The molecule has 2 aromatic carbocycles. The highest BCUT2D eigenvalue weighted by atomic mass is 127. The number of carbonyl (C=O) groups excluding carboxylic acids is 1. The van der Waals surface area contributed by atoms with Gasteiger partial charge in [0.1, 0.15) is 5.75 Å². The second-order valence-electron chi connectivity index (χ2n) is 5.11. The molecular weight excluding hydrogens is 403 g/mol. The predicted molar refractivity (Wildman–Crippen MR) is 101 cm³/mol. The Morgan fingerprint density at radius 1 is 1.09 bits per heavy atom. The van der Waals surface area contributed by atoms with Gasteiger partial charge in [-0.2, -0.15) is 10.1 Å². The van der Waals surface area contributed by atoms with Gasteiger partial charge in [-0.3, -0.25) is 4.79 Å². The number of carbonyl (C=O) groups is 1. The lowest BCUT2D eigenvalue weighted by atomic mass is 10.1. The number of benzene rings is 2. The Morgan fingerprint density at radius 3 is 2.35 bits per heavy atom. The number of nitrogens with zero attached hydrogens (tertiary/aromatic N) is 2. The molecule has 23 heavy (non-hydrogen) atoms. The molecule has 3 rings (SSSR count). The van der Waals surface area contributed by atoms with Crippen LogP contribution in [0.4, 0.5) is 5.69 Å². The molecule has 0 bridgehead atoms. The topological polar surface area (TPSA) is 41.9 Å². The van der Waals surface area contributed by atoms with Gasteiger partial charge in [-0.25, -0.2) is 0 Å². The lowest BCUT2D eigenvalue weighted by Crippen LogP contribution is -2.21. The number of ether oxygens (including phenoxy) is 1. The maximum absolute atomic E-state index is 12.6. The summed E-state index contributed by atoms with van der Waals surface area (Å²) < 4.78 is 6.26. The Balaban J connectivity index is 1.89. The lowest BCUT2D eigenvalue weighted by molar-refractivity contribution is -0.114. The van der Waals surface area contributed by atoms with Crippen molar-refractivity contribution in [1.29, 1.82) is 0 Å². The first-order chi connectivity index (χ1) is 11.1. The molecule has 0 radical (unpaired) electrons. The first-order valence-electron chi connectivity index (χ1n) is 7.10. The van der Waals surface area contributed by atoms with Crippen molar-refractivity contribution in [3.63, 3.8) is 0 Å². The van der Waals surface area contributed by atoms with Gasteiger partial charge in [0, 0.05) is 3.57 Å². The number of hydrogen-bond donors (Lipinski definition) is 0. The Hall–Kier alpha value is -2.15. The summed E-state index contributed by atoms with van der Waals surface area (Å²) in [7, 11) is 1.63. The maximum Gasteiger partial charge on any atom is 0.280 e. The zero-order chi connectivity index (χ0) is 16.4. The van der Waals surface area contributed by atoms with Crippen LogP contribution in [0, 0.1) is 3.57 Å². The second-order valence-corrected chi connectivity index (χ2v) is 6.36. The van der Waals surface area contributed by atoms with E-state index in [4.69, 9.17) is 4.74 Å². The maximum atomic E-state index is 12.6. The van der Waals surface area contributed by atoms with Crippen LogP contribution in [-0.4, -0.2) is 18.7 Å². The highest BCUT2D eigenvalue weighted by Crippen LogP contribution is 2.26. The van der Waals surface area contributed by atoms with E-state index >= 15 is 0 Å². The fourth-order valence-corrected chi connectivity index (χ4v) is 2.67. The number of halogens is 1. The van der Waals surface area contributed by atoms with Crippen LogP contribution in [0.3, 0.4) is 0 Å². The molecule has 1 aliphatic rings. The van der Waals surface area contributed by atoms with Gasteiger partial charge in [-0.1, -0.05) is 12.1 Å². The van der Waals surface area contributed by atoms with E-state index in [1.807, 2.05) is 61.5 Å². The summed E-state index contributed by atoms with van der Waals surface area (Å²) in [6.07, 6.45) is 1.85. The van der Waals surface area contributed by atoms with Gasteiger partial charge in [0.25, 0.3) is 5.91 Å². The van der Waals surface area contributed by atoms with Crippen LogP contribution in [0.15, 0.2) is 59.2 Å². The fourth-order valence-electron chi connectivity index (χ4n) is 2.31. The molecule has 0 aliphatic carbocycles. The van der Waals surface area contributed by atoms with Crippen LogP contribution in [0.25, 0.3) is 6.08 Å². The van der Waals surface area contributed by atoms with Gasteiger partial charge in [0.2, 0.25) is 0 Å². The third-order valence-corrected chi connectivity index (χ3v) is 4.28. The van der Waals surface area contributed by atoms with Gasteiger partial charge in [-0.05, 0) is 77.6 Å². The minimum atomic E-state index is -0.112. The predicted octanol–water partition coefficient (Wildman–Crippen LogP) is 4.11. The summed E-state index contributed by atoms with van der Waals surface area (Å²) in [4.78, 5) is 12.6. The third-order valence-electron chi connectivity index (χ3n) is 3.56. The van der Waals surface area contributed by atoms with Crippen molar-refractivity contribution in [2.75, 3.05) is 12.1 Å². The first kappa shape index (κ1) is 15.7. The molecule has 2 aromatic rings. The third kappa shape index (κ3) is 3.29. The van der Waals surface area contributed by atoms with Crippen molar-refractivity contribution >= 4 is 46.0 Å². The van der Waals surface area contributed by atoms with Crippen molar-refractivity contribution in [3.05, 3.63) is 63.2 Å². The van der Waals surface area contributed by atoms with E-state index < -0.39 is 0 Å². The van der Waals surface area contributed by atoms with Crippen molar-refractivity contribution < 1.29 is 9.53 Å². The molecule has 0 fully saturated rings. The number of rotatable bonds is 3. The van der Waals surface area contributed by atoms with Gasteiger partial charge in [0.15, 0.2) is 0 Å². The minimum absolute atomic E-state index is 0.112. The molecule has 1 amide bonds. The highest BCUT2D eigenvalue weighted by molar-refractivity contribution is 14.1. The number of amides is 1. The van der Waals surface area contributed by atoms with Gasteiger partial charge in [0.05, 0.1) is 24.1 Å². The van der Waals surface area contributed by atoms with Crippen LogP contribution >= 0.6 is 22.6 Å². The Labute approximate surface area is 148 Å². The molecule has 1 aliphatic heterocycles. The first-order valence-corrected chi connectivity index (χ1v) is 8.18. The van der Waals surface area contributed by atoms with Crippen LogP contribution in [0.1, 0.15) is 12.5 Å². The van der Waals surface area contributed by atoms with Crippen LogP contribution < -0.4 is 9.75 Å². The lowest BCUT2D eigenvalue weighted by Gasteiger charge is -2.11. The van der Waals surface area contributed by atoms with E-state index in [1.165, 1.54) is 5.01 Å². The van der Waals surface area contributed by atoms with E-state index in [2.05, 4.69) is 27.7 Å². The van der Waals surface area contributed by atoms with Crippen molar-refractivity contribution in [1.82, 2.24) is 0 Å². The van der Waals surface area contributed by atoms with Crippen molar-refractivity contribution in [3.8, 4) is 5.75 Å². The van der Waals surface area contributed by atoms with Crippen molar-refractivity contribution in [2.45, 2.75) is 6.92 Å². The Kier molecular flexibility index (Phi) is 4.47. The quantitative estimate of drug-likeness (QED) is 0.557. The number of hydrazone groups is 1. The molecule has 1 heterocycles. The molecule has 5 heteroatoms.